The molecule has 2 unspecified atom stereocenters. The molecule has 6 atom stereocenters. The van der Waals surface area contributed by atoms with Gasteiger partial charge in [-0.2, -0.15) is 0 Å². The van der Waals surface area contributed by atoms with Crippen LogP contribution < -0.4 is 10.6 Å². The van der Waals surface area contributed by atoms with Crippen molar-refractivity contribution in [1.82, 2.24) is 10.2 Å². The minimum absolute atomic E-state index is 0.0275. The van der Waals surface area contributed by atoms with Crippen LogP contribution in [0.5, 0.6) is 0 Å². The molecule has 5 rings (SSSR count). The van der Waals surface area contributed by atoms with Crippen molar-refractivity contribution < 1.29 is 19.5 Å². The number of carbonyl (C=O) groups excluding carboxylic acids is 3. The van der Waals surface area contributed by atoms with Gasteiger partial charge in [-0.3, -0.25) is 14.4 Å². The third kappa shape index (κ3) is 3.82. The van der Waals surface area contributed by atoms with E-state index in [1.807, 2.05) is 56.3 Å². The molecule has 3 N–H and O–H groups in total. The molecule has 2 bridgehead atoms. The number of amides is 3. The molecule has 3 aliphatic rings. The van der Waals surface area contributed by atoms with Gasteiger partial charge in [0, 0.05) is 18.0 Å². The summed E-state index contributed by atoms with van der Waals surface area (Å²) in [6.45, 7) is 3.87. The number of carbonyl (C=O) groups is 3. The molecule has 7 nitrogen and oxygen atoms in total. The van der Waals surface area contributed by atoms with E-state index in [0.29, 0.717) is 18.5 Å². The molecule has 35 heavy (non-hydrogen) atoms. The number of aliphatic hydroxyl groups excluding tert-OH is 1. The first-order valence-corrected chi connectivity index (χ1v) is 13.3. The lowest BCUT2D eigenvalue weighted by Crippen LogP contribution is -2.55. The number of nitrogens with one attached hydrogen (secondary N) is 2. The first-order valence-electron chi connectivity index (χ1n) is 12.4. The highest BCUT2D eigenvalue weighted by Gasteiger charge is 2.74. The zero-order valence-corrected chi connectivity index (χ0v) is 21.2. The highest BCUT2D eigenvalue weighted by Crippen LogP contribution is 2.66. The molecule has 3 saturated heterocycles. The second-order valence-electron chi connectivity index (χ2n) is 10.4. The first kappa shape index (κ1) is 24.1. The summed E-state index contributed by atoms with van der Waals surface area (Å²) in [6.07, 6.45) is 2.09. The summed E-state index contributed by atoms with van der Waals surface area (Å²) in [4.78, 5) is 42.4. The number of benzene rings is 2. The van der Waals surface area contributed by atoms with Crippen LogP contribution in [-0.4, -0.2) is 63.5 Å². The third-order valence-electron chi connectivity index (χ3n) is 7.90. The van der Waals surface area contributed by atoms with E-state index < -0.39 is 28.7 Å². The Labute approximate surface area is 210 Å². The Bertz CT molecular complexity index is 1170. The molecule has 2 aromatic carbocycles. The molecular formula is C27H33N3O4S. The number of anilines is 1. The second kappa shape index (κ2) is 9.13. The third-order valence-corrected chi connectivity index (χ3v) is 9.85. The lowest BCUT2D eigenvalue weighted by Gasteiger charge is -2.37. The maximum absolute atomic E-state index is 14.0. The molecule has 1 spiro atoms. The van der Waals surface area contributed by atoms with E-state index in [1.54, 1.807) is 23.7 Å². The van der Waals surface area contributed by atoms with Crippen LogP contribution in [0.1, 0.15) is 33.1 Å². The van der Waals surface area contributed by atoms with E-state index in [0.717, 1.165) is 17.2 Å². The van der Waals surface area contributed by atoms with Gasteiger partial charge in [0.15, 0.2) is 0 Å². The average Bonchev–Trinajstić information content (AvgIpc) is 3.49. The van der Waals surface area contributed by atoms with Gasteiger partial charge >= 0.3 is 0 Å². The van der Waals surface area contributed by atoms with Crippen LogP contribution in [0.4, 0.5) is 5.69 Å². The number of aliphatic hydroxyl groups is 1. The van der Waals surface area contributed by atoms with E-state index in [1.165, 1.54) is 0 Å². The predicted octanol–water partition coefficient (Wildman–Crippen LogP) is 3.02. The molecule has 3 heterocycles. The second-order valence-corrected chi connectivity index (χ2v) is 12.0. The van der Waals surface area contributed by atoms with Crippen LogP contribution in [0.2, 0.25) is 0 Å². The van der Waals surface area contributed by atoms with Crippen LogP contribution in [-0.2, 0) is 14.4 Å². The highest BCUT2D eigenvalue weighted by atomic mass is 32.2. The van der Waals surface area contributed by atoms with E-state index in [9.17, 15) is 19.5 Å². The Hall–Kier alpha value is -2.58. The van der Waals surface area contributed by atoms with E-state index in [2.05, 4.69) is 10.6 Å². The van der Waals surface area contributed by atoms with Crippen molar-refractivity contribution >= 4 is 45.9 Å². The summed E-state index contributed by atoms with van der Waals surface area (Å²) in [5, 5.41) is 18.2. The molecule has 186 valence electrons. The Morgan fingerprint density at radius 3 is 2.60 bits per heavy atom. The smallest absolute Gasteiger partial charge is 0.248 e. The standard InChI is InChI=1S/C27H33N3O4S/c1-15(2)12-19(14-31)30-23(25(33)29-18-9-8-16-6-4-5-7-17(16)13-18)27-11-10-20(35-27)21(24(32)28-3)22(27)26(30)34/h4-9,13,15,19-23,31H,10-12,14H2,1-3H3,(H,28,32)(H,29,33)/t19-,20-,21+,22+,23?,27?/m1/s1. The Balaban J connectivity index is 1.54. The fourth-order valence-corrected chi connectivity index (χ4v) is 8.75. The van der Waals surface area contributed by atoms with Gasteiger partial charge in [0.05, 0.1) is 29.2 Å². The molecule has 8 heteroatoms. The maximum atomic E-state index is 14.0. The number of hydrogen-bond donors (Lipinski definition) is 3. The van der Waals surface area contributed by atoms with Crippen LogP contribution in [0, 0.1) is 17.8 Å². The number of rotatable bonds is 7. The summed E-state index contributed by atoms with van der Waals surface area (Å²) in [5.74, 6) is -1.33. The number of hydrogen-bond acceptors (Lipinski definition) is 5. The van der Waals surface area contributed by atoms with Gasteiger partial charge in [0.2, 0.25) is 17.7 Å². The van der Waals surface area contributed by atoms with Crippen molar-refractivity contribution in [3.8, 4) is 0 Å². The van der Waals surface area contributed by atoms with Crippen molar-refractivity contribution in [3.63, 3.8) is 0 Å². The van der Waals surface area contributed by atoms with Crippen molar-refractivity contribution in [2.45, 2.75) is 55.2 Å². The van der Waals surface area contributed by atoms with E-state index in [4.69, 9.17) is 0 Å². The van der Waals surface area contributed by atoms with Crippen molar-refractivity contribution in [2.75, 3.05) is 19.0 Å². The SMILES string of the molecule is CNC(=O)[C@@H]1[C@H]2C(=O)N([C@@H](CO)CC(C)C)C(C(=O)Nc3ccc4ccccc4c3)C23CC[C@H]1S3. The van der Waals surface area contributed by atoms with Crippen LogP contribution in [0.15, 0.2) is 42.5 Å². The molecule has 0 radical (unpaired) electrons. The monoisotopic (exact) mass is 495 g/mol. The molecule has 0 saturated carbocycles. The van der Waals surface area contributed by atoms with Gasteiger partial charge in [-0.05, 0) is 48.1 Å². The first-order chi connectivity index (χ1) is 16.8. The number of fused-ring (bicyclic) bond motifs is 2. The normalized spacial score (nSPS) is 30.1. The highest BCUT2D eigenvalue weighted by molar-refractivity contribution is 8.02. The predicted molar refractivity (Wildman–Crippen MR) is 138 cm³/mol. The van der Waals surface area contributed by atoms with Crippen LogP contribution in [0.25, 0.3) is 10.8 Å². The van der Waals surface area contributed by atoms with E-state index in [-0.39, 0.29) is 35.5 Å². The van der Waals surface area contributed by atoms with E-state index >= 15 is 0 Å². The summed E-state index contributed by atoms with van der Waals surface area (Å²) in [5.41, 5.74) is 0.672. The molecular weight excluding hydrogens is 462 g/mol. The Kier molecular flexibility index (Phi) is 6.30. The van der Waals surface area contributed by atoms with Gasteiger partial charge in [-0.15, -0.1) is 11.8 Å². The zero-order valence-electron chi connectivity index (χ0n) is 20.4. The minimum atomic E-state index is -0.743. The van der Waals surface area contributed by atoms with Gasteiger partial charge < -0.3 is 20.6 Å². The minimum Gasteiger partial charge on any atom is -0.394 e. The van der Waals surface area contributed by atoms with Gasteiger partial charge in [-0.1, -0.05) is 44.2 Å². The molecule has 3 aliphatic heterocycles. The molecule has 3 fully saturated rings. The zero-order chi connectivity index (χ0) is 24.9. The Morgan fingerprint density at radius 2 is 1.91 bits per heavy atom. The maximum Gasteiger partial charge on any atom is 0.248 e. The number of nitrogens with zero attached hydrogens (tertiary/aromatic N) is 1. The van der Waals surface area contributed by atoms with Gasteiger partial charge in [0.1, 0.15) is 6.04 Å². The van der Waals surface area contributed by atoms with Crippen molar-refractivity contribution in [2.24, 2.45) is 17.8 Å². The lowest BCUT2D eigenvalue weighted by molar-refractivity contribution is -0.142. The summed E-state index contributed by atoms with van der Waals surface area (Å²) in [7, 11) is 1.60. The fraction of sp³-hybridized carbons (Fsp3) is 0.519. The van der Waals surface area contributed by atoms with Crippen LogP contribution in [0.3, 0.4) is 0 Å². The lowest BCUT2D eigenvalue weighted by atomic mass is 9.70. The number of likely N-dealkylation sites (tertiary alicyclic amines) is 1. The molecule has 2 aromatic rings. The van der Waals surface area contributed by atoms with Gasteiger partial charge in [0.25, 0.3) is 0 Å². The van der Waals surface area contributed by atoms with Crippen LogP contribution >= 0.6 is 11.8 Å². The fourth-order valence-electron chi connectivity index (χ4n) is 6.55. The largest absolute Gasteiger partial charge is 0.394 e. The topological polar surface area (TPSA) is 98.7 Å². The average molecular weight is 496 g/mol. The van der Waals surface area contributed by atoms with Gasteiger partial charge in [-0.25, -0.2) is 0 Å². The van der Waals surface area contributed by atoms with Crippen molar-refractivity contribution in [1.29, 1.82) is 0 Å². The molecule has 0 aromatic heterocycles. The molecule has 0 aliphatic carbocycles. The quantitative estimate of drug-likeness (QED) is 0.549. The molecule has 3 amide bonds. The summed E-state index contributed by atoms with van der Waals surface area (Å²) < 4.78 is -0.662. The summed E-state index contributed by atoms with van der Waals surface area (Å²) >= 11 is 1.64. The number of thioether (sulfide) groups is 1. The van der Waals surface area contributed by atoms with Crippen molar-refractivity contribution in [3.05, 3.63) is 42.5 Å². The Morgan fingerprint density at radius 1 is 1.17 bits per heavy atom. The summed E-state index contributed by atoms with van der Waals surface area (Å²) in [6, 6.07) is 12.5.